The first-order valence-corrected chi connectivity index (χ1v) is 24.8. The van der Waals surface area contributed by atoms with E-state index in [2.05, 4.69) is 42.5 Å². The minimum atomic E-state index is -5.08. The summed E-state index contributed by atoms with van der Waals surface area (Å²) < 4.78 is 73.5. The lowest BCUT2D eigenvalue weighted by Gasteiger charge is -2.26. The lowest BCUT2D eigenvalue weighted by atomic mass is 10.0. The summed E-state index contributed by atoms with van der Waals surface area (Å²) in [6.07, 6.45) is -10.2. The van der Waals surface area contributed by atoms with Gasteiger partial charge in [-0.3, -0.25) is 43.2 Å². The molecule has 31 heteroatoms. The number of carbonyl (C=O) groups is 11. The van der Waals surface area contributed by atoms with Crippen LogP contribution in [0.4, 0.5) is 32.0 Å². The Hall–Kier alpha value is -8.09. The van der Waals surface area contributed by atoms with Crippen molar-refractivity contribution in [1.82, 2.24) is 47.9 Å². The van der Waals surface area contributed by atoms with Crippen LogP contribution in [0, 0.1) is 0 Å². The van der Waals surface area contributed by atoms with E-state index < -0.39 is 138 Å². The van der Waals surface area contributed by atoms with Crippen LogP contribution in [0.2, 0.25) is 0 Å². The van der Waals surface area contributed by atoms with E-state index in [-0.39, 0.29) is 24.8 Å². The van der Waals surface area contributed by atoms with Crippen LogP contribution >= 0.6 is 0 Å². The van der Waals surface area contributed by atoms with Gasteiger partial charge in [0.2, 0.25) is 47.3 Å². The standard InChI is InChI=1S/C47H69F3N12O11.C2HF3O2/c1-25(37(63)55-28(4)40(66)60-34(46(72)73)16-10-12-22-52)54-39(65)27(3)58-45(71)36(24-47(48,49)50)62-44(70)35(23-30-13-7-6-8-14-30)61-41(67)29(5)56-38(64)26(2)57-43(69)33(15-9-11-21-51)59-42(68)31-17-19-32(53)20-18-31;3-2(4,5)1(6)7/h6-8,13-14,17-20,25-29,33-36H,9-12,15-16,21-24,51-53H2,1-5H3,(H,54,65)(H,55,63)(H,56,64)(H,57,69)(H,58,71)(H,59,68)(H,60,66)(H,61,67)(H,62,70)(H,72,73);(H,6,7)/t25-,26-,27-,28-,29-,33-,34-,35-,36-;/m0./s1. The number of hydrogen-bond acceptors (Lipinski definition) is 14. The zero-order chi connectivity index (χ0) is 61.1. The molecule has 0 unspecified atom stereocenters. The molecule has 0 bridgehead atoms. The van der Waals surface area contributed by atoms with Crippen LogP contribution in [-0.4, -0.2) is 155 Å². The lowest BCUT2D eigenvalue weighted by Crippen LogP contribution is -2.60. The quantitative estimate of drug-likeness (QED) is 0.0267. The molecular weight excluding hydrogens is 1080 g/mol. The van der Waals surface area contributed by atoms with Gasteiger partial charge >= 0.3 is 24.3 Å². The second-order valence-corrected chi connectivity index (χ2v) is 18.2. The van der Waals surface area contributed by atoms with Crippen LogP contribution in [0.25, 0.3) is 0 Å². The molecule has 0 spiro atoms. The highest BCUT2D eigenvalue weighted by Crippen LogP contribution is 2.22. The fourth-order valence-electron chi connectivity index (χ4n) is 6.72. The van der Waals surface area contributed by atoms with Gasteiger partial charge in [-0.1, -0.05) is 30.3 Å². The summed E-state index contributed by atoms with van der Waals surface area (Å²) >= 11 is 0. The maximum atomic E-state index is 13.9. The molecular formula is C49H70F6N12O13. The molecule has 0 aliphatic carbocycles. The number of anilines is 1. The molecule has 2 aromatic rings. The lowest BCUT2D eigenvalue weighted by molar-refractivity contribution is -0.192. The number of aliphatic carboxylic acids is 2. The molecule has 0 fully saturated rings. The molecule has 0 aromatic heterocycles. The Balaban J connectivity index is 0.00000426. The summed E-state index contributed by atoms with van der Waals surface area (Å²) in [5, 5.41) is 37.4. The molecule has 0 saturated carbocycles. The van der Waals surface area contributed by atoms with E-state index >= 15 is 0 Å². The zero-order valence-corrected chi connectivity index (χ0v) is 44.3. The molecule has 80 heavy (non-hydrogen) atoms. The molecule has 0 heterocycles. The summed E-state index contributed by atoms with van der Waals surface area (Å²) in [5.74, 6) is -12.7. The Morgan fingerprint density at radius 2 is 0.812 bits per heavy atom. The van der Waals surface area contributed by atoms with Crippen molar-refractivity contribution < 1.29 is 89.3 Å². The molecule has 446 valence electrons. The zero-order valence-electron chi connectivity index (χ0n) is 44.3. The predicted molar refractivity (Wildman–Crippen MR) is 274 cm³/mol. The van der Waals surface area contributed by atoms with E-state index in [9.17, 15) is 79.4 Å². The van der Waals surface area contributed by atoms with Gasteiger partial charge in [0.15, 0.2) is 0 Å². The van der Waals surface area contributed by atoms with E-state index in [0.717, 1.165) is 6.92 Å². The van der Waals surface area contributed by atoms with Crippen LogP contribution < -0.4 is 65.1 Å². The number of amides is 9. The molecule has 2 rings (SSSR count). The summed E-state index contributed by atoms with van der Waals surface area (Å²) in [6.45, 7) is 6.73. The normalized spacial score (nSPS) is 14.6. The Bertz CT molecular complexity index is 2420. The summed E-state index contributed by atoms with van der Waals surface area (Å²) in [7, 11) is 0. The van der Waals surface area contributed by atoms with E-state index in [1.807, 2.05) is 5.32 Å². The fraction of sp³-hybridized carbons (Fsp3) is 0.531. The fourth-order valence-corrected chi connectivity index (χ4v) is 6.72. The molecule has 17 N–H and O–H groups in total. The van der Waals surface area contributed by atoms with Crippen LogP contribution in [-0.2, 0) is 54.4 Å². The molecule has 2 aromatic carbocycles. The molecule has 0 radical (unpaired) electrons. The number of nitrogens with two attached hydrogens (primary N) is 3. The van der Waals surface area contributed by atoms with Gasteiger partial charge in [0.05, 0.1) is 6.42 Å². The number of unbranched alkanes of at least 4 members (excludes halogenated alkanes) is 2. The minimum Gasteiger partial charge on any atom is -0.480 e. The first-order valence-electron chi connectivity index (χ1n) is 24.8. The molecule has 0 aliphatic heterocycles. The number of benzene rings is 2. The van der Waals surface area contributed by atoms with Crippen molar-refractivity contribution in [2.75, 3.05) is 18.8 Å². The number of hydrogen-bond donors (Lipinski definition) is 14. The molecule has 9 amide bonds. The second kappa shape index (κ2) is 34.0. The van der Waals surface area contributed by atoms with Gasteiger partial charge in [0.25, 0.3) is 5.91 Å². The number of carbonyl (C=O) groups excluding carboxylic acids is 9. The number of carboxylic acid groups (broad SMARTS) is 2. The van der Waals surface area contributed by atoms with Crippen molar-refractivity contribution >= 4 is 70.8 Å². The van der Waals surface area contributed by atoms with Gasteiger partial charge < -0.3 is 75.3 Å². The maximum absolute atomic E-state index is 13.9. The predicted octanol–water partition coefficient (Wildman–Crippen LogP) is -0.484. The van der Waals surface area contributed by atoms with Crippen molar-refractivity contribution in [3.8, 4) is 0 Å². The van der Waals surface area contributed by atoms with E-state index in [0.29, 0.717) is 50.0 Å². The Kier molecular flexibility index (Phi) is 29.7. The van der Waals surface area contributed by atoms with Gasteiger partial charge in [0, 0.05) is 17.7 Å². The first-order chi connectivity index (χ1) is 37.2. The van der Waals surface area contributed by atoms with E-state index in [4.69, 9.17) is 27.1 Å². The largest absolute Gasteiger partial charge is 0.490 e. The number of carboxylic acids is 2. The van der Waals surface area contributed by atoms with Crippen molar-refractivity contribution in [1.29, 1.82) is 0 Å². The topological polar surface area (TPSA) is 415 Å². The number of halogens is 6. The smallest absolute Gasteiger partial charge is 0.480 e. The number of alkyl halides is 6. The number of nitrogen functional groups attached to an aromatic ring is 1. The van der Waals surface area contributed by atoms with Crippen LogP contribution in [0.15, 0.2) is 54.6 Å². The number of rotatable bonds is 30. The van der Waals surface area contributed by atoms with Crippen molar-refractivity contribution in [2.24, 2.45) is 11.5 Å². The van der Waals surface area contributed by atoms with Gasteiger partial charge in [-0.25, -0.2) is 9.59 Å². The highest BCUT2D eigenvalue weighted by Gasteiger charge is 2.40. The Morgan fingerprint density at radius 3 is 1.20 bits per heavy atom. The Labute approximate surface area is 455 Å². The van der Waals surface area contributed by atoms with Gasteiger partial charge in [-0.15, -0.1) is 0 Å². The molecule has 0 saturated heterocycles. The molecule has 25 nitrogen and oxygen atoms in total. The number of nitrogens with one attached hydrogen (secondary N) is 9. The summed E-state index contributed by atoms with van der Waals surface area (Å²) in [5.41, 5.74) is 17.8. The summed E-state index contributed by atoms with van der Waals surface area (Å²) in [4.78, 5) is 139. The highest BCUT2D eigenvalue weighted by molar-refractivity contribution is 6.00. The average Bonchev–Trinajstić information content (AvgIpc) is 3.37. The monoisotopic (exact) mass is 1150 g/mol. The Morgan fingerprint density at radius 1 is 0.463 bits per heavy atom. The highest BCUT2D eigenvalue weighted by atomic mass is 19.4. The third-order valence-electron chi connectivity index (χ3n) is 11.3. The minimum absolute atomic E-state index is 0.0787. The van der Waals surface area contributed by atoms with E-state index in [1.165, 1.54) is 52.0 Å². The van der Waals surface area contributed by atoms with Crippen LogP contribution in [0.3, 0.4) is 0 Å². The summed E-state index contributed by atoms with van der Waals surface area (Å²) in [6, 6.07) is 0.592. The second-order valence-electron chi connectivity index (χ2n) is 18.2. The first kappa shape index (κ1) is 69.9. The molecule has 9 atom stereocenters. The van der Waals surface area contributed by atoms with Crippen molar-refractivity contribution in [2.45, 2.75) is 153 Å². The maximum Gasteiger partial charge on any atom is 0.490 e. The average molecular weight is 1150 g/mol. The molecule has 0 aliphatic rings. The van der Waals surface area contributed by atoms with Gasteiger partial charge in [-0.2, -0.15) is 26.3 Å². The third-order valence-corrected chi connectivity index (χ3v) is 11.3. The van der Waals surface area contributed by atoms with Crippen LogP contribution in [0.1, 0.15) is 95.5 Å². The van der Waals surface area contributed by atoms with Gasteiger partial charge in [0.1, 0.15) is 54.4 Å². The van der Waals surface area contributed by atoms with Crippen molar-refractivity contribution in [3.05, 3.63) is 65.7 Å². The SMILES string of the molecule is C[C@H](NC(=O)[C@H](C)NC(=O)[C@H](CC(F)(F)F)NC(=O)[C@H](Cc1ccccc1)NC(=O)[C@H](C)NC(=O)[C@H](C)NC(=O)[C@H](CCCCN)NC(=O)c1ccc(N)cc1)C(=O)N[C@@H](C)C(=O)N[C@@H](CCCCN)C(=O)O.O=C(O)C(F)(F)F. The van der Waals surface area contributed by atoms with Crippen molar-refractivity contribution in [3.63, 3.8) is 0 Å². The van der Waals surface area contributed by atoms with Crippen LogP contribution in [0.5, 0.6) is 0 Å². The van der Waals surface area contributed by atoms with Gasteiger partial charge in [-0.05, 0) is 116 Å². The third kappa shape index (κ3) is 27.0. The van der Waals surface area contributed by atoms with E-state index in [1.54, 1.807) is 30.3 Å².